The van der Waals surface area contributed by atoms with Crippen LogP contribution in [0.15, 0.2) is 73.1 Å². The molecule has 0 spiro atoms. The smallest absolute Gasteiger partial charge is 0.261 e. The van der Waals surface area contributed by atoms with Crippen LogP contribution in [0.4, 0.5) is 0 Å². The van der Waals surface area contributed by atoms with Gasteiger partial charge in [0.1, 0.15) is 11.8 Å². The van der Waals surface area contributed by atoms with Crippen molar-refractivity contribution >= 4 is 5.91 Å². The molecule has 5 nitrogen and oxygen atoms in total. The van der Waals surface area contributed by atoms with E-state index in [1.807, 2.05) is 24.3 Å². The van der Waals surface area contributed by atoms with E-state index in [0.717, 1.165) is 17.5 Å². The van der Waals surface area contributed by atoms with E-state index >= 15 is 0 Å². The number of carbonyl (C=O) groups excluding carboxylic acids is 1. The van der Waals surface area contributed by atoms with Gasteiger partial charge in [0, 0.05) is 25.5 Å². The van der Waals surface area contributed by atoms with Gasteiger partial charge < -0.3 is 9.64 Å². The molecule has 0 fully saturated rings. The van der Waals surface area contributed by atoms with Crippen molar-refractivity contribution in [3.05, 3.63) is 95.3 Å². The van der Waals surface area contributed by atoms with Crippen LogP contribution in [-0.2, 0) is 24.3 Å². The Morgan fingerprint density at radius 1 is 1.00 bits per heavy atom. The molecule has 0 aliphatic carbocycles. The molecule has 146 valence electrons. The van der Waals surface area contributed by atoms with Gasteiger partial charge in [-0.05, 0) is 41.3 Å². The SMILES string of the molecule is CCc1ccc(CN(Cc2cccnc2)C(=O)COc2ccccc2C#N)cc1. The highest BCUT2D eigenvalue weighted by molar-refractivity contribution is 5.78. The number of carbonyl (C=O) groups is 1. The highest BCUT2D eigenvalue weighted by atomic mass is 16.5. The van der Waals surface area contributed by atoms with Crippen molar-refractivity contribution in [3.8, 4) is 11.8 Å². The van der Waals surface area contributed by atoms with Crippen LogP contribution in [0.2, 0.25) is 0 Å². The summed E-state index contributed by atoms with van der Waals surface area (Å²) in [7, 11) is 0. The lowest BCUT2D eigenvalue weighted by Gasteiger charge is -2.23. The lowest BCUT2D eigenvalue weighted by atomic mass is 10.1. The summed E-state index contributed by atoms with van der Waals surface area (Å²) < 4.78 is 5.65. The summed E-state index contributed by atoms with van der Waals surface area (Å²) >= 11 is 0. The van der Waals surface area contributed by atoms with Crippen LogP contribution in [0.3, 0.4) is 0 Å². The molecule has 29 heavy (non-hydrogen) atoms. The maximum Gasteiger partial charge on any atom is 0.261 e. The zero-order valence-electron chi connectivity index (χ0n) is 16.4. The molecule has 0 atom stereocenters. The zero-order chi connectivity index (χ0) is 20.5. The number of pyridine rings is 1. The van der Waals surface area contributed by atoms with Crippen LogP contribution < -0.4 is 4.74 Å². The normalized spacial score (nSPS) is 10.2. The second-order valence-electron chi connectivity index (χ2n) is 6.68. The molecule has 0 saturated carbocycles. The Bertz CT molecular complexity index is 979. The second-order valence-corrected chi connectivity index (χ2v) is 6.68. The van der Waals surface area contributed by atoms with Gasteiger partial charge in [-0.25, -0.2) is 0 Å². The summed E-state index contributed by atoms with van der Waals surface area (Å²) in [5.41, 5.74) is 3.67. The van der Waals surface area contributed by atoms with Gasteiger partial charge in [0.05, 0.1) is 5.56 Å². The van der Waals surface area contributed by atoms with Gasteiger partial charge in [-0.3, -0.25) is 9.78 Å². The first-order valence-corrected chi connectivity index (χ1v) is 9.56. The van der Waals surface area contributed by atoms with Gasteiger partial charge in [-0.1, -0.05) is 49.4 Å². The molecule has 1 heterocycles. The molecule has 2 aromatic carbocycles. The van der Waals surface area contributed by atoms with E-state index in [-0.39, 0.29) is 12.5 Å². The van der Waals surface area contributed by atoms with Gasteiger partial charge in [-0.15, -0.1) is 0 Å². The molecule has 0 unspecified atom stereocenters. The number of benzene rings is 2. The van der Waals surface area contributed by atoms with Crippen molar-refractivity contribution in [1.29, 1.82) is 5.26 Å². The van der Waals surface area contributed by atoms with Crippen LogP contribution in [0.25, 0.3) is 0 Å². The predicted molar refractivity (Wildman–Crippen MR) is 111 cm³/mol. The summed E-state index contributed by atoms with van der Waals surface area (Å²) in [6.45, 7) is 2.89. The van der Waals surface area contributed by atoms with Gasteiger partial charge in [-0.2, -0.15) is 5.26 Å². The molecule has 1 amide bonds. The standard InChI is InChI=1S/C24H23N3O2/c1-2-19-9-11-20(12-10-19)16-27(17-21-6-5-13-26-15-21)24(28)18-29-23-8-4-3-7-22(23)14-25/h3-13,15H,2,16-18H2,1H3. The molecule has 0 aliphatic heterocycles. The van der Waals surface area contributed by atoms with Gasteiger partial charge in [0.15, 0.2) is 6.61 Å². The first kappa shape index (κ1) is 20.1. The number of aromatic nitrogens is 1. The highest BCUT2D eigenvalue weighted by Crippen LogP contribution is 2.17. The van der Waals surface area contributed by atoms with Crippen LogP contribution in [0.1, 0.15) is 29.2 Å². The van der Waals surface area contributed by atoms with Crippen molar-refractivity contribution in [2.24, 2.45) is 0 Å². The molecule has 1 aromatic heterocycles. The van der Waals surface area contributed by atoms with Crippen LogP contribution in [0, 0.1) is 11.3 Å². The predicted octanol–water partition coefficient (Wildman–Crippen LogP) is 4.12. The molecule has 0 radical (unpaired) electrons. The minimum atomic E-state index is -0.152. The number of nitrogens with zero attached hydrogens (tertiary/aromatic N) is 3. The summed E-state index contributed by atoms with van der Waals surface area (Å²) in [5, 5.41) is 9.19. The number of hydrogen-bond donors (Lipinski definition) is 0. The van der Waals surface area contributed by atoms with Crippen LogP contribution in [-0.4, -0.2) is 22.4 Å². The Kier molecular flexibility index (Phi) is 6.96. The molecule has 5 heteroatoms. The summed E-state index contributed by atoms with van der Waals surface area (Å²) in [6.07, 6.45) is 4.44. The molecular formula is C24H23N3O2. The number of nitriles is 1. The highest BCUT2D eigenvalue weighted by Gasteiger charge is 2.16. The Morgan fingerprint density at radius 2 is 1.72 bits per heavy atom. The molecule has 0 aliphatic rings. The number of rotatable bonds is 8. The van der Waals surface area contributed by atoms with E-state index < -0.39 is 0 Å². The monoisotopic (exact) mass is 385 g/mol. The van der Waals surface area contributed by atoms with Gasteiger partial charge >= 0.3 is 0 Å². The van der Waals surface area contributed by atoms with Crippen molar-refractivity contribution in [1.82, 2.24) is 9.88 Å². The van der Waals surface area contributed by atoms with Gasteiger partial charge in [0.25, 0.3) is 5.91 Å². The Labute approximate surface area is 171 Å². The van der Waals surface area contributed by atoms with Crippen LogP contribution in [0.5, 0.6) is 5.75 Å². The second kappa shape index (κ2) is 10.0. The lowest BCUT2D eigenvalue weighted by molar-refractivity contribution is -0.134. The Morgan fingerprint density at radius 3 is 2.41 bits per heavy atom. The molecule has 0 bridgehead atoms. The summed E-state index contributed by atoms with van der Waals surface area (Å²) in [5.74, 6) is 0.262. The van der Waals surface area contributed by atoms with Crippen molar-refractivity contribution < 1.29 is 9.53 Å². The third-order valence-electron chi connectivity index (χ3n) is 4.61. The summed E-state index contributed by atoms with van der Waals surface area (Å²) in [6, 6.07) is 21.1. The number of amides is 1. The zero-order valence-corrected chi connectivity index (χ0v) is 16.4. The molecule has 3 rings (SSSR count). The molecular weight excluding hydrogens is 362 g/mol. The van der Waals surface area contributed by atoms with Crippen molar-refractivity contribution in [3.63, 3.8) is 0 Å². The lowest BCUT2D eigenvalue weighted by Crippen LogP contribution is -2.34. The number of ether oxygens (including phenoxy) is 1. The number of para-hydroxylation sites is 1. The first-order valence-electron chi connectivity index (χ1n) is 9.56. The van der Waals surface area contributed by atoms with Gasteiger partial charge in [0.2, 0.25) is 0 Å². The van der Waals surface area contributed by atoms with Crippen LogP contribution >= 0.6 is 0 Å². The minimum Gasteiger partial charge on any atom is -0.482 e. The Hall–Kier alpha value is -3.65. The Balaban J connectivity index is 1.73. The van der Waals surface area contributed by atoms with E-state index in [9.17, 15) is 10.1 Å². The molecule has 0 N–H and O–H groups in total. The van der Waals surface area contributed by atoms with E-state index in [1.165, 1.54) is 5.56 Å². The van der Waals surface area contributed by atoms with E-state index in [1.54, 1.807) is 41.6 Å². The largest absolute Gasteiger partial charge is 0.482 e. The third-order valence-corrected chi connectivity index (χ3v) is 4.61. The fourth-order valence-corrected chi connectivity index (χ4v) is 2.96. The fourth-order valence-electron chi connectivity index (χ4n) is 2.96. The van der Waals surface area contributed by atoms with E-state index in [0.29, 0.717) is 24.4 Å². The minimum absolute atomic E-state index is 0.133. The third kappa shape index (κ3) is 5.66. The van der Waals surface area contributed by atoms with E-state index in [4.69, 9.17) is 4.74 Å². The molecule has 3 aromatic rings. The first-order chi connectivity index (χ1) is 14.2. The molecule has 0 saturated heterocycles. The summed E-state index contributed by atoms with van der Waals surface area (Å²) in [4.78, 5) is 18.8. The average Bonchev–Trinajstić information content (AvgIpc) is 2.78. The number of aryl methyl sites for hydroxylation is 1. The van der Waals surface area contributed by atoms with E-state index in [2.05, 4.69) is 30.1 Å². The average molecular weight is 385 g/mol. The maximum atomic E-state index is 12.9. The van der Waals surface area contributed by atoms with Crippen molar-refractivity contribution in [2.45, 2.75) is 26.4 Å². The quantitative estimate of drug-likeness (QED) is 0.585. The van der Waals surface area contributed by atoms with Crippen molar-refractivity contribution in [2.75, 3.05) is 6.61 Å². The fraction of sp³-hybridized carbons (Fsp3) is 0.208. The number of hydrogen-bond acceptors (Lipinski definition) is 4. The topological polar surface area (TPSA) is 66.2 Å². The maximum absolute atomic E-state index is 12.9.